The maximum Gasteiger partial charge on any atom is 0.0159 e. The fourth-order valence-electron chi connectivity index (χ4n) is 10.2. The predicted molar refractivity (Wildman–Crippen MR) is 273 cm³/mol. The zero-order chi connectivity index (χ0) is 43.9. The Morgan fingerprint density at radius 1 is 0.381 bits per heavy atom. The predicted octanol–water partition coefficient (Wildman–Crippen LogP) is 17.8. The smallest absolute Gasteiger partial charge is 0.0159 e. The first-order valence-electron chi connectivity index (χ1n) is 23.0. The fourth-order valence-corrected chi connectivity index (χ4v) is 10.2. The van der Waals surface area contributed by atoms with E-state index in [1.807, 2.05) is 0 Å². The van der Waals surface area contributed by atoms with Crippen molar-refractivity contribution < 1.29 is 0 Å². The number of benzene rings is 9. The SMILES string of the molecule is CCCC(C)c1ccc2c(c1)C(C)(C)c1cc(-c3cccc4ccccc34)ccc1-2.Cc1ccc(-c2ccc3c(c2)C(C)(C)c2ccccc2-3)cc1.Cc1ccc2ccccc2c1. The third kappa shape index (κ3) is 7.93. The van der Waals surface area contributed by atoms with E-state index in [9.17, 15) is 0 Å². The lowest BCUT2D eigenvalue weighted by Crippen LogP contribution is -2.15. The van der Waals surface area contributed by atoms with Crippen LogP contribution in [0.4, 0.5) is 0 Å². The molecule has 0 spiro atoms. The lowest BCUT2D eigenvalue weighted by Gasteiger charge is -2.23. The van der Waals surface area contributed by atoms with Gasteiger partial charge in [-0.1, -0.05) is 235 Å². The molecule has 0 radical (unpaired) electrons. The zero-order valence-electron chi connectivity index (χ0n) is 38.4. The minimum absolute atomic E-state index is 0.0210. The summed E-state index contributed by atoms with van der Waals surface area (Å²) in [4.78, 5) is 0. The van der Waals surface area contributed by atoms with Crippen molar-refractivity contribution in [1.82, 2.24) is 0 Å². The molecule has 11 rings (SSSR count). The average Bonchev–Trinajstić information content (AvgIpc) is 3.68. The van der Waals surface area contributed by atoms with Crippen LogP contribution in [-0.2, 0) is 10.8 Å². The maximum absolute atomic E-state index is 2.48. The van der Waals surface area contributed by atoms with Crippen LogP contribution in [0.2, 0.25) is 0 Å². The van der Waals surface area contributed by atoms with Gasteiger partial charge in [0.15, 0.2) is 0 Å². The Morgan fingerprint density at radius 3 is 1.62 bits per heavy atom. The molecule has 1 atom stereocenters. The molecule has 0 heteroatoms. The van der Waals surface area contributed by atoms with E-state index in [1.54, 1.807) is 0 Å². The summed E-state index contributed by atoms with van der Waals surface area (Å²) >= 11 is 0. The molecule has 0 aliphatic heterocycles. The molecule has 63 heavy (non-hydrogen) atoms. The monoisotopic (exact) mass is 816 g/mol. The van der Waals surface area contributed by atoms with Gasteiger partial charge in [-0.25, -0.2) is 0 Å². The van der Waals surface area contributed by atoms with Crippen molar-refractivity contribution in [3.8, 4) is 44.5 Å². The molecular formula is C63H60. The Hall–Kier alpha value is -6.50. The van der Waals surface area contributed by atoms with Crippen LogP contribution < -0.4 is 0 Å². The van der Waals surface area contributed by atoms with Crippen LogP contribution >= 0.6 is 0 Å². The Balaban J connectivity index is 0.000000133. The average molecular weight is 817 g/mol. The molecule has 9 aromatic carbocycles. The highest BCUT2D eigenvalue weighted by Gasteiger charge is 2.37. The van der Waals surface area contributed by atoms with Crippen LogP contribution in [0.15, 0.2) is 188 Å². The lowest BCUT2D eigenvalue weighted by molar-refractivity contribution is 0.644. The molecule has 9 aromatic rings. The van der Waals surface area contributed by atoms with E-state index in [2.05, 4.69) is 243 Å². The summed E-state index contributed by atoms with van der Waals surface area (Å²) in [6.45, 7) is 18.3. The molecule has 0 heterocycles. The second kappa shape index (κ2) is 17.0. The second-order valence-corrected chi connectivity index (χ2v) is 19.1. The largest absolute Gasteiger partial charge is 0.0654 e. The van der Waals surface area contributed by atoms with Gasteiger partial charge in [-0.05, 0) is 132 Å². The van der Waals surface area contributed by atoms with Crippen molar-refractivity contribution >= 4 is 21.5 Å². The van der Waals surface area contributed by atoms with E-state index in [4.69, 9.17) is 0 Å². The second-order valence-electron chi connectivity index (χ2n) is 19.1. The van der Waals surface area contributed by atoms with E-state index < -0.39 is 0 Å². The van der Waals surface area contributed by atoms with E-state index in [0.717, 1.165) is 0 Å². The Kier molecular flexibility index (Phi) is 11.3. The number of hydrogen-bond acceptors (Lipinski definition) is 0. The molecule has 0 nitrogen and oxygen atoms in total. The van der Waals surface area contributed by atoms with Crippen molar-refractivity contribution in [1.29, 1.82) is 0 Å². The van der Waals surface area contributed by atoms with Gasteiger partial charge >= 0.3 is 0 Å². The minimum Gasteiger partial charge on any atom is -0.0654 e. The van der Waals surface area contributed by atoms with Crippen LogP contribution in [0.25, 0.3) is 66.1 Å². The minimum atomic E-state index is 0.0210. The summed E-state index contributed by atoms with van der Waals surface area (Å²) in [5.74, 6) is 0.617. The maximum atomic E-state index is 2.48. The van der Waals surface area contributed by atoms with Crippen molar-refractivity contribution in [2.45, 2.75) is 85.0 Å². The number of fused-ring (bicyclic) bond motifs is 8. The van der Waals surface area contributed by atoms with Crippen molar-refractivity contribution in [3.63, 3.8) is 0 Å². The van der Waals surface area contributed by atoms with Crippen molar-refractivity contribution in [3.05, 3.63) is 227 Å². The highest BCUT2D eigenvalue weighted by molar-refractivity contribution is 5.97. The van der Waals surface area contributed by atoms with Crippen LogP contribution in [0, 0.1) is 13.8 Å². The number of hydrogen-bond donors (Lipinski definition) is 0. The molecule has 0 aromatic heterocycles. The molecular weight excluding hydrogens is 757 g/mol. The van der Waals surface area contributed by atoms with Gasteiger partial charge in [0, 0.05) is 10.8 Å². The molecule has 312 valence electrons. The van der Waals surface area contributed by atoms with Crippen molar-refractivity contribution in [2.24, 2.45) is 0 Å². The number of aryl methyl sites for hydroxylation is 2. The van der Waals surface area contributed by atoms with Crippen molar-refractivity contribution in [2.75, 3.05) is 0 Å². The van der Waals surface area contributed by atoms with Crippen LogP contribution in [-0.4, -0.2) is 0 Å². The molecule has 1 unspecified atom stereocenters. The summed E-state index contributed by atoms with van der Waals surface area (Å²) in [7, 11) is 0. The van der Waals surface area contributed by atoms with E-state index in [-0.39, 0.29) is 10.8 Å². The Bertz CT molecular complexity index is 3090. The first-order chi connectivity index (χ1) is 30.4. The normalized spacial score (nSPS) is 14.0. The molecule has 0 fully saturated rings. The third-order valence-corrected chi connectivity index (χ3v) is 14.0. The lowest BCUT2D eigenvalue weighted by atomic mass is 9.80. The molecule has 0 amide bonds. The molecule has 2 aliphatic rings. The Labute approximate surface area is 376 Å². The van der Waals surface area contributed by atoms with Gasteiger partial charge in [0.25, 0.3) is 0 Å². The van der Waals surface area contributed by atoms with Crippen LogP contribution in [0.3, 0.4) is 0 Å². The summed E-state index contributed by atoms with van der Waals surface area (Å²) in [5.41, 5.74) is 20.8. The summed E-state index contributed by atoms with van der Waals surface area (Å²) < 4.78 is 0. The first kappa shape index (κ1) is 41.8. The summed E-state index contributed by atoms with van der Waals surface area (Å²) in [5, 5.41) is 5.27. The van der Waals surface area contributed by atoms with Gasteiger partial charge in [0.1, 0.15) is 0 Å². The van der Waals surface area contributed by atoms with Gasteiger partial charge in [-0.2, -0.15) is 0 Å². The van der Waals surface area contributed by atoms with Gasteiger partial charge in [0.05, 0.1) is 0 Å². The molecule has 0 saturated heterocycles. The molecule has 0 saturated carbocycles. The standard InChI is InChI=1S/C30H30.C22H20.C11H10/c1-5-9-20(2)22-14-16-26-27-17-15-23(19-29(27)30(3,4)28(26)18-22)25-13-8-11-21-10-6-7-12-24(21)25;1-15-8-10-16(11-9-15)17-12-13-19-18-6-4-5-7-20(18)22(2,3)21(19)14-17;1-9-6-7-10-4-2-3-5-11(10)8-9/h6-8,10-20H,5,9H2,1-4H3;4-14H,1-3H3;2-8H,1H3. The van der Waals surface area contributed by atoms with Gasteiger partial charge < -0.3 is 0 Å². The van der Waals surface area contributed by atoms with Crippen LogP contribution in [0.1, 0.15) is 99.2 Å². The third-order valence-electron chi connectivity index (χ3n) is 14.0. The Morgan fingerprint density at radius 2 is 0.889 bits per heavy atom. The quantitative estimate of drug-likeness (QED) is 0.162. The van der Waals surface area contributed by atoms with Gasteiger partial charge in [-0.15, -0.1) is 0 Å². The zero-order valence-corrected chi connectivity index (χ0v) is 38.4. The summed E-state index contributed by atoms with van der Waals surface area (Å²) in [6.07, 6.45) is 2.48. The summed E-state index contributed by atoms with van der Waals surface area (Å²) in [6, 6.07) is 69.0. The van der Waals surface area contributed by atoms with E-state index >= 15 is 0 Å². The van der Waals surface area contributed by atoms with Gasteiger partial charge in [0.2, 0.25) is 0 Å². The fraction of sp³-hybridized carbons (Fsp3) is 0.206. The molecule has 2 aliphatic carbocycles. The van der Waals surface area contributed by atoms with E-state index in [0.29, 0.717) is 5.92 Å². The van der Waals surface area contributed by atoms with E-state index in [1.165, 1.54) is 118 Å². The highest BCUT2D eigenvalue weighted by Crippen LogP contribution is 2.51. The topological polar surface area (TPSA) is 0 Å². The molecule has 0 bridgehead atoms. The highest BCUT2D eigenvalue weighted by atomic mass is 14.4. The molecule has 0 N–H and O–H groups in total. The number of rotatable bonds is 5. The van der Waals surface area contributed by atoms with Gasteiger partial charge in [-0.3, -0.25) is 0 Å². The first-order valence-corrected chi connectivity index (χ1v) is 23.0. The van der Waals surface area contributed by atoms with Crippen LogP contribution in [0.5, 0.6) is 0 Å².